The summed E-state index contributed by atoms with van der Waals surface area (Å²) in [6.07, 6.45) is 2.37. The monoisotopic (exact) mass is 302 g/mol. The maximum Gasteiger partial charge on any atom is 0.248 e. The minimum Gasteiger partial charge on any atom is -0.375 e. The van der Waals surface area contributed by atoms with Crippen molar-refractivity contribution in [3.05, 3.63) is 35.9 Å². The van der Waals surface area contributed by atoms with Crippen LogP contribution in [0, 0.1) is 0 Å². The van der Waals surface area contributed by atoms with Gasteiger partial charge in [0.2, 0.25) is 11.8 Å². The van der Waals surface area contributed by atoms with Crippen LogP contribution in [-0.4, -0.2) is 49.1 Å². The molecule has 1 spiro atoms. The highest BCUT2D eigenvalue weighted by molar-refractivity contribution is 5.80. The van der Waals surface area contributed by atoms with Gasteiger partial charge in [0.1, 0.15) is 6.61 Å². The fourth-order valence-electron chi connectivity index (χ4n) is 3.77. The Hall–Kier alpha value is -1.88. The number of likely N-dealkylation sites (tertiary alicyclic amines) is 1. The third kappa shape index (κ3) is 2.73. The number of amides is 2. The SMILES string of the molecule is COCC(=O)N1C[C@@H](c2ccccc2)[C@@]2(CCCC(=O)N2)C1. The second-order valence-corrected chi connectivity index (χ2v) is 6.23. The maximum atomic E-state index is 12.2. The van der Waals surface area contributed by atoms with Gasteiger partial charge in [-0.25, -0.2) is 0 Å². The minimum atomic E-state index is -0.333. The number of nitrogens with zero attached hydrogens (tertiary/aromatic N) is 1. The normalized spacial score (nSPS) is 28.0. The second-order valence-electron chi connectivity index (χ2n) is 6.23. The van der Waals surface area contributed by atoms with Crippen molar-refractivity contribution in [2.75, 3.05) is 26.8 Å². The number of rotatable bonds is 3. The van der Waals surface area contributed by atoms with Crippen LogP contribution in [0.3, 0.4) is 0 Å². The Balaban J connectivity index is 1.90. The molecule has 2 amide bonds. The Morgan fingerprint density at radius 1 is 1.41 bits per heavy atom. The first-order chi connectivity index (χ1) is 10.6. The van der Waals surface area contributed by atoms with E-state index in [9.17, 15) is 9.59 Å². The predicted octanol–water partition coefficient (Wildman–Crippen LogP) is 1.30. The molecule has 1 N–H and O–H groups in total. The number of carbonyl (C=O) groups excluding carboxylic acids is 2. The molecule has 2 saturated heterocycles. The van der Waals surface area contributed by atoms with Gasteiger partial charge in [-0.3, -0.25) is 9.59 Å². The third-order valence-electron chi connectivity index (χ3n) is 4.78. The first kappa shape index (κ1) is 15.0. The molecule has 0 aliphatic carbocycles. The van der Waals surface area contributed by atoms with Gasteiger partial charge in [-0.15, -0.1) is 0 Å². The molecule has 2 aliphatic heterocycles. The summed E-state index contributed by atoms with van der Waals surface area (Å²) in [5.41, 5.74) is 0.845. The van der Waals surface area contributed by atoms with Crippen molar-refractivity contribution in [3.8, 4) is 0 Å². The molecule has 5 nitrogen and oxygen atoms in total. The van der Waals surface area contributed by atoms with Gasteiger partial charge in [-0.1, -0.05) is 30.3 Å². The molecule has 1 aromatic rings. The van der Waals surface area contributed by atoms with Crippen molar-refractivity contribution in [2.45, 2.75) is 30.7 Å². The molecule has 3 rings (SSSR count). The van der Waals surface area contributed by atoms with Crippen LogP contribution in [-0.2, 0) is 14.3 Å². The number of hydrogen-bond acceptors (Lipinski definition) is 3. The van der Waals surface area contributed by atoms with Gasteiger partial charge in [0, 0.05) is 32.5 Å². The zero-order valence-electron chi connectivity index (χ0n) is 12.9. The first-order valence-electron chi connectivity index (χ1n) is 7.77. The average molecular weight is 302 g/mol. The number of ether oxygens (including phenoxy) is 1. The highest BCUT2D eigenvalue weighted by Crippen LogP contribution is 2.41. The minimum absolute atomic E-state index is 0.0138. The number of methoxy groups -OCH3 is 1. The number of carbonyl (C=O) groups is 2. The Morgan fingerprint density at radius 2 is 2.18 bits per heavy atom. The van der Waals surface area contributed by atoms with Crippen LogP contribution in [0.4, 0.5) is 0 Å². The molecular formula is C17H22N2O3. The summed E-state index contributed by atoms with van der Waals surface area (Å²) in [6.45, 7) is 1.29. The van der Waals surface area contributed by atoms with E-state index in [2.05, 4.69) is 17.4 Å². The number of piperidine rings is 1. The molecule has 0 bridgehead atoms. The molecule has 2 aliphatic rings. The van der Waals surface area contributed by atoms with Gasteiger partial charge in [0.05, 0.1) is 5.54 Å². The summed E-state index contributed by atoms with van der Waals surface area (Å²) >= 11 is 0. The second kappa shape index (κ2) is 6.08. The van der Waals surface area contributed by atoms with Crippen LogP contribution in [0.25, 0.3) is 0 Å². The smallest absolute Gasteiger partial charge is 0.248 e. The summed E-state index contributed by atoms with van der Waals surface area (Å²) in [7, 11) is 1.53. The fraction of sp³-hybridized carbons (Fsp3) is 0.529. The Bertz CT molecular complexity index is 560. The molecule has 2 heterocycles. The quantitative estimate of drug-likeness (QED) is 0.915. The lowest BCUT2D eigenvalue weighted by Crippen LogP contribution is -2.56. The lowest BCUT2D eigenvalue weighted by molar-refractivity contribution is -0.135. The number of hydrogen-bond donors (Lipinski definition) is 1. The van der Waals surface area contributed by atoms with E-state index < -0.39 is 0 Å². The molecule has 0 unspecified atom stereocenters. The number of nitrogens with one attached hydrogen (secondary N) is 1. The van der Waals surface area contributed by atoms with Gasteiger partial charge >= 0.3 is 0 Å². The highest BCUT2D eigenvalue weighted by Gasteiger charge is 2.50. The molecule has 0 saturated carbocycles. The van der Waals surface area contributed by atoms with E-state index in [0.29, 0.717) is 19.5 Å². The number of benzene rings is 1. The summed E-state index contributed by atoms with van der Waals surface area (Å²) in [4.78, 5) is 26.0. The average Bonchev–Trinajstić information content (AvgIpc) is 2.87. The van der Waals surface area contributed by atoms with Crippen LogP contribution in [0.2, 0.25) is 0 Å². The van der Waals surface area contributed by atoms with E-state index in [1.54, 1.807) is 0 Å². The van der Waals surface area contributed by atoms with Crippen LogP contribution in [0.5, 0.6) is 0 Å². The molecular weight excluding hydrogens is 280 g/mol. The van der Waals surface area contributed by atoms with E-state index >= 15 is 0 Å². The molecule has 22 heavy (non-hydrogen) atoms. The lowest BCUT2D eigenvalue weighted by atomic mass is 9.76. The molecule has 2 fully saturated rings. The zero-order valence-corrected chi connectivity index (χ0v) is 12.9. The molecule has 0 aromatic heterocycles. The van der Waals surface area contributed by atoms with Crippen molar-refractivity contribution < 1.29 is 14.3 Å². The molecule has 0 radical (unpaired) electrons. The Kier molecular flexibility index (Phi) is 4.16. The topological polar surface area (TPSA) is 58.6 Å². The first-order valence-corrected chi connectivity index (χ1v) is 7.77. The summed E-state index contributed by atoms with van der Waals surface area (Å²) < 4.78 is 4.98. The highest BCUT2D eigenvalue weighted by atomic mass is 16.5. The lowest BCUT2D eigenvalue weighted by Gasteiger charge is -2.39. The van der Waals surface area contributed by atoms with Crippen LogP contribution >= 0.6 is 0 Å². The largest absolute Gasteiger partial charge is 0.375 e. The van der Waals surface area contributed by atoms with Crippen molar-refractivity contribution >= 4 is 11.8 Å². The van der Waals surface area contributed by atoms with Crippen molar-refractivity contribution in [2.24, 2.45) is 0 Å². The Morgan fingerprint density at radius 3 is 2.86 bits per heavy atom. The van der Waals surface area contributed by atoms with E-state index in [1.165, 1.54) is 12.7 Å². The van der Waals surface area contributed by atoms with Gasteiger partial charge in [0.25, 0.3) is 0 Å². The molecule has 118 valence electrons. The van der Waals surface area contributed by atoms with Gasteiger partial charge in [-0.05, 0) is 18.4 Å². The Labute approximate surface area is 130 Å². The van der Waals surface area contributed by atoms with Gasteiger partial charge in [0.15, 0.2) is 0 Å². The van der Waals surface area contributed by atoms with Gasteiger partial charge < -0.3 is 15.0 Å². The van der Waals surface area contributed by atoms with Gasteiger partial charge in [-0.2, -0.15) is 0 Å². The van der Waals surface area contributed by atoms with Crippen LogP contribution in [0.1, 0.15) is 30.7 Å². The van der Waals surface area contributed by atoms with Crippen molar-refractivity contribution in [1.29, 1.82) is 0 Å². The predicted molar refractivity (Wildman–Crippen MR) is 82.4 cm³/mol. The summed E-state index contributed by atoms with van der Waals surface area (Å²) in [6, 6.07) is 10.2. The molecule has 1 aromatic carbocycles. The third-order valence-corrected chi connectivity index (χ3v) is 4.78. The van der Waals surface area contributed by atoms with E-state index in [1.807, 2.05) is 23.1 Å². The molecule has 5 heteroatoms. The van der Waals surface area contributed by atoms with E-state index in [-0.39, 0.29) is 29.9 Å². The standard InChI is InChI=1S/C17H22N2O3/c1-22-11-16(21)19-10-14(13-6-3-2-4-7-13)17(12-19)9-5-8-15(20)18-17/h2-4,6-7,14H,5,8-12H2,1H3,(H,18,20)/t14-,17+/m0/s1. The summed E-state index contributed by atoms with van der Waals surface area (Å²) in [5.74, 6) is 0.215. The van der Waals surface area contributed by atoms with Crippen molar-refractivity contribution in [1.82, 2.24) is 10.2 Å². The zero-order chi connectivity index (χ0) is 15.6. The molecule has 2 atom stereocenters. The fourth-order valence-corrected chi connectivity index (χ4v) is 3.77. The van der Waals surface area contributed by atoms with Crippen molar-refractivity contribution in [3.63, 3.8) is 0 Å². The van der Waals surface area contributed by atoms with Crippen LogP contribution in [0.15, 0.2) is 30.3 Å². The van der Waals surface area contributed by atoms with E-state index in [0.717, 1.165) is 12.8 Å². The van der Waals surface area contributed by atoms with Crippen LogP contribution < -0.4 is 5.32 Å². The summed E-state index contributed by atoms with van der Waals surface area (Å²) in [5, 5.41) is 3.19. The maximum absolute atomic E-state index is 12.2. The van der Waals surface area contributed by atoms with E-state index in [4.69, 9.17) is 4.74 Å².